The van der Waals surface area contributed by atoms with E-state index >= 15 is 0 Å². The fraction of sp³-hybridized carbons (Fsp3) is 0.273. The molecule has 0 saturated carbocycles. The van der Waals surface area contributed by atoms with Crippen LogP contribution in [0.15, 0.2) is 48.5 Å². The molecular formula is C22H22ClN3O2. The monoisotopic (exact) mass is 395 g/mol. The first kappa shape index (κ1) is 18.7. The zero-order chi connectivity index (χ0) is 19.7. The molecule has 0 spiro atoms. The minimum atomic E-state index is -0.0409. The third kappa shape index (κ3) is 3.68. The minimum Gasteiger partial charge on any atom is -0.378 e. The molecule has 144 valence electrons. The van der Waals surface area contributed by atoms with E-state index in [9.17, 15) is 4.79 Å². The number of morpholine rings is 1. The Bertz CT molecular complexity index is 1010. The van der Waals surface area contributed by atoms with Gasteiger partial charge in [-0.25, -0.2) is 4.68 Å². The number of hydrogen-bond acceptors (Lipinski definition) is 3. The number of amides is 1. The molecule has 5 nitrogen and oxygen atoms in total. The molecule has 4 rings (SSSR count). The number of aromatic nitrogens is 2. The van der Waals surface area contributed by atoms with E-state index in [1.165, 1.54) is 11.1 Å². The van der Waals surface area contributed by atoms with Gasteiger partial charge in [-0.3, -0.25) is 4.79 Å². The molecule has 1 fully saturated rings. The van der Waals surface area contributed by atoms with Crippen molar-refractivity contribution in [1.82, 2.24) is 14.7 Å². The molecule has 1 aliphatic rings. The van der Waals surface area contributed by atoms with Crippen molar-refractivity contribution in [2.75, 3.05) is 26.3 Å². The second-order valence-electron chi connectivity index (χ2n) is 7.01. The number of ether oxygens (including phenoxy) is 1. The van der Waals surface area contributed by atoms with E-state index in [0.717, 1.165) is 16.9 Å². The SMILES string of the molecule is Cc1ccc(-c2cc(C(=O)N3CCOCC3)n(-c3ccc(Cl)cc3)n2)cc1C. The van der Waals surface area contributed by atoms with E-state index in [-0.39, 0.29) is 5.91 Å². The average molecular weight is 396 g/mol. The van der Waals surface area contributed by atoms with E-state index in [1.54, 1.807) is 16.8 Å². The Labute approximate surface area is 169 Å². The molecular weight excluding hydrogens is 374 g/mol. The molecule has 0 N–H and O–H groups in total. The highest BCUT2D eigenvalue weighted by Gasteiger charge is 2.24. The fourth-order valence-corrected chi connectivity index (χ4v) is 3.41. The van der Waals surface area contributed by atoms with Gasteiger partial charge in [0.1, 0.15) is 5.69 Å². The number of halogens is 1. The van der Waals surface area contributed by atoms with Crippen molar-refractivity contribution >= 4 is 17.5 Å². The first-order valence-corrected chi connectivity index (χ1v) is 9.71. The van der Waals surface area contributed by atoms with Gasteiger partial charge < -0.3 is 9.64 Å². The smallest absolute Gasteiger partial charge is 0.272 e. The highest BCUT2D eigenvalue weighted by atomic mass is 35.5. The summed E-state index contributed by atoms with van der Waals surface area (Å²) in [6.07, 6.45) is 0. The van der Waals surface area contributed by atoms with Crippen LogP contribution in [0.4, 0.5) is 0 Å². The molecule has 3 aromatic rings. The van der Waals surface area contributed by atoms with Crippen LogP contribution >= 0.6 is 11.6 Å². The van der Waals surface area contributed by atoms with Crippen LogP contribution in [0.3, 0.4) is 0 Å². The van der Waals surface area contributed by atoms with Crippen LogP contribution in [-0.4, -0.2) is 46.9 Å². The number of benzene rings is 2. The predicted octanol–water partition coefficient (Wildman–Crippen LogP) is 4.28. The van der Waals surface area contributed by atoms with E-state index in [1.807, 2.05) is 29.2 Å². The maximum absolute atomic E-state index is 13.2. The molecule has 0 aliphatic carbocycles. The lowest BCUT2D eigenvalue weighted by molar-refractivity contribution is 0.0297. The summed E-state index contributed by atoms with van der Waals surface area (Å²) in [5, 5.41) is 5.41. The molecule has 6 heteroatoms. The Morgan fingerprint density at radius 2 is 1.71 bits per heavy atom. The summed E-state index contributed by atoms with van der Waals surface area (Å²) in [5.41, 5.74) is 5.53. The Morgan fingerprint density at radius 3 is 2.39 bits per heavy atom. The summed E-state index contributed by atoms with van der Waals surface area (Å²) in [7, 11) is 0. The summed E-state index contributed by atoms with van der Waals surface area (Å²) in [6.45, 7) is 6.45. The Morgan fingerprint density at radius 1 is 1.00 bits per heavy atom. The van der Waals surface area contributed by atoms with E-state index in [0.29, 0.717) is 37.0 Å². The predicted molar refractivity (Wildman–Crippen MR) is 110 cm³/mol. The van der Waals surface area contributed by atoms with E-state index in [2.05, 4.69) is 26.0 Å². The van der Waals surface area contributed by atoms with Crippen molar-refractivity contribution in [3.05, 3.63) is 70.4 Å². The standard InChI is InChI=1S/C22H22ClN3O2/c1-15-3-4-17(13-16(15)2)20-14-21(22(27)25-9-11-28-12-10-25)26(24-20)19-7-5-18(23)6-8-19/h3-8,13-14H,9-12H2,1-2H3. The molecule has 1 saturated heterocycles. The maximum Gasteiger partial charge on any atom is 0.272 e. The summed E-state index contributed by atoms with van der Waals surface area (Å²) in [5.74, 6) is -0.0409. The summed E-state index contributed by atoms with van der Waals surface area (Å²) in [6, 6.07) is 15.4. The van der Waals surface area contributed by atoms with Crippen molar-refractivity contribution in [3.8, 4) is 16.9 Å². The van der Waals surface area contributed by atoms with Crippen LogP contribution in [0.25, 0.3) is 16.9 Å². The quantitative estimate of drug-likeness (QED) is 0.665. The Kier molecular flexibility index (Phi) is 5.20. The molecule has 1 amide bonds. The highest BCUT2D eigenvalue weighted by Crippen LogP contribution is 2.25. The van der Waals surface area contributed by atoms with Gasteiger partial charge in [-0.15, -0.1) is 0 Å². The normalized spacial score (nSPS) is 14.3. The molecule has 0 atom stereocenters. The van der Waals surface area contributed by atoms with Crippen LogP contribution < -0.4 is 0 Å². The molecule has 0 bridgehead atoms. The number of rotatable bonds is 3. The minimum absolute atomic E-state index is 0.0409. The molecule has 1 aromatic heterocycles. The number of nitrogens with zero attached hydrogens (tertiary/aromatic N) is 3. The van der Waals surface area contributed by atoms with Crippen molar-refractivity contribution < 1.29 is 9.53 Å². The van der Waals surface area contributed by atoms with Gasteiger partial charge in [0, 0.05) is 23.7 Å². The van der Waals surface area contributed by atoms with Crippen molar-refractivity contribution in [2.45, 2.75) is 13.8 Å². The van der Waals surface area contributed by atoms with Crippen LogP contribution in [-0.2, 0) is 4.74 Å². The molecule has 1 aliphatic heterocycles. The van der Waals surface area contributed by atoms with Gasteiger partial charge in [-0.05, 0) is 61.4 Å². The van der Waals surface area contributed by atoms with Crippen molar-refractivity contribution in [3.63, 3.8) is 0 Å². The Balaban J connectivity index is 1.80. The van der Waals surface area contributed by atoms with Gasteiger partial charge in [0.2, 0.25) is 0 Å². The van der Waals surface area contributed by atoms with Crippen molar-refractivity contribution in [2.24, 2.45) is 0 Å². The third-order valence-electron chi connectivity index (χ3n) is 5.10. The first-order chi connectivity index (χ1) is 13.5. The van der Waals surface area contributed by atoms with E-state index in [4.69, 9.17) is 21.4 Å². The topological polar surface area (TPSA) is 47.4 Å². The van der Waals surface area contributed by atoms with Gasteiger partial charge >= 0.3 is 0 Å². The van der Waals surface area contributed by atoms with Gasteiger partial charge in [0.25, 0.3) is 5.91 Å². The fourth-order valence-electron chi connectivity index (χ4n) is 3.28. The van der Waals surface area contributed by atoms with Gasteiger partial charge in [-0.1, -0.05) is 23.7 Å². The number of carbonyl (C=O) groups excluding carboxylic acids is 1. The third-order valence-corrected chi connectivity index (χ3v) is 5.35. The van der Waals surface area contributed by atoms with Crippen molar-refractivity contribution in [1.29, 1.82) is 0 Å². The summed E-state index contributed by atoms with van der Waals surface area (Å²) in [4.78, 5) is 15.0. The first-order valence-electron chi connectivity index (χ1n) is 9.33. The van der Waals surface area contributed by atoms with Gasteiger partial charge in [-0.2, -0.15) is 5.10 Å². The zero-order valence-electron chi connectivity index (χ0n) is 16.0. The number of hydrogen-bond donors (Lipinski definition) is 0. The maximum atomic E-state index is 13.2. The van der Waals surface area contributed by atoms with Crippen LogP contribution in [0.5, 0.6) is 0 Å². The molecule has 2 heterocycles. The second kappa shape index (κ2) is 7.78. The lowest BCUT2D eigenvalue weighted by Crippen LogP contribution is -2.41. The van der Waals surface area contributed by atoms with Gasteiger partial charge in [0.05, 0.1) is 24.6 Å². The highest BCUT2D eigenvalue weighted by molar-refractivity contribution is 6.30. The Hall–Kier alpha value is -2.63. The molecule has 2 aromatic carbocycles. The zero-order valence-corrected chi connectivity index (χ0v) is 16.7. The van der Waals surface area contributed by atoms with Crippen LogP contribution in [0.1, 0.15) is 21.6 Å². The van der Waals surface area contributed by atoms with E-state index < -0.39 is 0 Å². The van der Waals surface area contributed by atoms with Gasteiger partial charge in [0.15, 0.2) is 0 Å². The summed E-state index contributed by atoms with van der Waals surface area (Å²) >= 11 is 6.04. The molecule has 28 heavy (non-hydrogen) atoms. The number of aryl methyl sites for hydroxylation is 2. The second-order valence-corrected chi connectivity index (χ2v) is 7.44. The molecule has 0 unspecified atom stereocenters. The lowest BCUT2D eigenvalue weighted by Gasteiger charge is -2.26. The number of carbonyl (C=O) groups is 1. The average Bonchev–Trinajstić information content (AvgIpc) is 3.16. The van der Waals surface area contributed by atoms with Crippen LogP contribution in [0.2, 0.25) is 5.02 Å². The molecule has 0 radical (unpaired) electrons. The largest absolute Gasteiger partial charge is 0.378 e. The van der Waals surface area contributed by atoms with Crippen LogP contribution in [0, 0.1) is 13.8 Å². The summed E-state index contributed by atoms with van der Waals surface area (Å²) < 4.78 is 7.09. The lowest BCUT2D eigenvalue weighted by atomic mass is 10.0.